The van der Waals surface area contributed by atoms with Crippen LogP contribution in [0.3, 0.4) is 0 Å². The molecule has 0 amide bonds. The normalized spacial score (nSPS) is 8.38. The van der Waals surface area contributed by atoms with Gasteiger partial charge in [0.05, 0.1) is 15.7 Å². The molecule has 7 heteroatoms. The summed E-state index contributed by atoms with van der Waals surface area (Å²) in [6.45, 7) is 8.00. The molecule has 0 bridgehead atoms. The van der Waals surface area contributed by atoms with E-state index in [1.165, 1.54) is 0 Å². The van der Waals surface area contributed by atoms with Crippen molar-refractivity contribution in [1.82, 2.24) is 4.98 Å². The fourth-order valence-electron chi connectivity index (χ4n) is 1.47. The molecule has 0 saturated carbocycles. The van der Waals surface area contributed by atoms with Crippen LogP contribution in [-0.4, -0.2) is 19.7 Å². The van der Waals surface area contributed by atoms with Gasteiger partial charge in [-0.25, -0.2) is 8.42 Å². The Morgan fingerprint density at radius 3 is 1.88 bits per heavy atom. The maximum Gasteiger partial charge on any atom is 3.00 e. The Balaban J connectivity index is -0.000000266. The first-order chi connectivity index (χ1) is 10.1. The number of hydrogen-bond acceptors (Lipinski definition) is 4. The molecule has 24 heavy (non-hydrogen) atoms. The van der Waals surface area contributed by atoms with Crippen LogP contribution in [0.2, 0.25) is 0 Å². The predicted octanol–water partition coefficient (Wildman–Crippen LogP) is 4.94. The van der Waals surface area contributed by atoms with Crippen molar-refractivity contribution in [1.29, 1.82) is 0 Å². The van der Waals surface area contributed by atoms with Crippen molar-refractivity contribution in [3.05, 3.63) is 60.8 Å². The summed E-state index contributed by atoms with van der Waals surface area (Å²) in [4.78, 5) is 4.18. The van der Waals surface area contributed by atoms with E-state index in [1.54, 1.807) is 30.5 Å². The molecule has 0 aliphatic rings. The second-order valence-corrected chi connectivity index (χ2v) is 5.21. The van der Waals surface area contributed by atoms with Gasteiger partial charge in [0.2, 0.25) is 0 Å². The molecular formula is C17H27N2NiO2S2. The number of hydrogen-bond donors (Lipinski definition) is 0. The van der Waals surface area contributed by atoms with Crippen LogP contribution in [0.5, 0.6) is 0 Å². The van der Waals surface area contributed by atoms with Gasteiger partial charge in [0.1, 0.15) is 0 Å². The average Bonchev–Trinajstić information content (AvgIpc) is 2.51. The summed E-state index contributed by atoms with van der Waals surface area (Å²) in [5.41, 5.74) is 1.82. The number of nitrogens with zero attached hydrogens (tertiary/aromatic N) is 2. The van der Waals surface area contributed by atoms with E-state index in [1.807, 2.05) is 45.9 Å². The summed E-state index contributed by atoms with van der Waals surface area (Å²) in [6, 6.07) is 12.5. The van der Waals surface area contributed by atoms with E-state index >= 15 is 0 Å². The number of sulfonamides is 1. The summed E-state index contributed by atoms with van der Waals surface area (Å²) in [7, 11) is -3.41. The predicted molar refractivity (Wildman–Crippen MR) is 105 cm³/mol. The second-order valence-electron chi connectivity index (χ2n) is 3.56. The average molecular weight is 414 g/mol. The Morgan fingerprint density at radius 2 is 1.42 bits per heavy atom. The van der Waals surface area contributed by atoms with Gasteiger partial charge in [0.15, 0.2) is 0 Å². The standard InChI is InChI=1S/C12H11N2O2S.2C2H6.CH3.Ni.H2S/c1-17(15,16)14-12-8-3-2-6-10(12)11-7-4-5-9-13-11;2*1-2;;;/h2-9H,1H3;2*1-2H3;1H3;;1H2/q-1;;;-1;+3;/p-1. The van der Waals surface area contributed by atoms with Gasteiger partial charge in [0.25, 0.3) is 0 Å². The van der Waals surface area contributed by atoms with Gasteiger partial charge in [-0.05, 0) is 17.7 Å². The molecule has 0 unspecified atom stereocenters. The van der Waals surface area contributed by atoms with E-state index in [4.69, 9.17) is 0 Å². The first kappa shape index (κ1) is 30.8. The van der Waals surface area contributed by atoms with E-state index in [0.29, 0.717) is 16.9 Å². The van der Waals surface area contributed by atoms with Crippen molar-refractivity contribution in [2.24, 2.45) is 0 Å². The molecule has 2 rings (SSSR count). The zero-order valence-corrected chi connectivity index (χ0v) is 17.7. The van der Waals surface area contributed by atoms with Crippen LogP contribution < -0.4 is 0 Å². The Hall–Kier alpha value is -1.04. The molecule has 0 fully saturated rings. The van der Waals surface area contributed by atoms with Crippen LogP contribution in [0, 0.1) is 7.43 Å². The number of pyridine rings is 1. The number of benzene rings is 1. The maximum absolute atomic E-state index is 11.2. The topological polar surface area (TPSA) is 61.1 Å². The molecule has 0 spiro atoms. The van der Waals surface area contributed by atoms with Crippen molar-refractivity contribution in [3.63, 3.8) is 0 Å². The van der Waals surface area contributed by atoms with Gasteiger partial charge < -0.3 is 25.6 Å². The molecule has 139 valence electrons. The van der Waals surface area contributed by atoms with Gasteiger partial charge in [0, 0.05) is 12.5 Å². The Kier molecular flexibility index (Phi) is 21.6. The third-order valence-corrected chi connectivity index (χ3v) is 2.64. The van der Waals surface area contributed by atoms with Crippen molar-refractivity contribution in [3.8, 4) is 11.3 Å². The molecule has 0 N–H and O–H groups in total. The van der Waals surface area contributed by atoms with Crippen LogP contribution in [0.15, 0.2) is 48.7 Å². The fourth-order valence-corrected chi connectivity index (χ4v) is 1.99. The summed E-state index contributed by atoms with van der Waals surface area (Å²) < 4.78 is 26.1. The molecule has 0 saturated heterocycles. The molecule has 0 aliphatic carbocycles. The van der Waals surface area contributed by atoms with Crippen LogP contribution in [0.1, 0.15) is 27.7 Å². The van der Waals surface area contributed by atoms with E-state index in [-0.39, 0.29) is 37.4 Å². The molecule has 1 radical (unpaired) electrons. The van der Waals surface area contributed by atoms with Crippen molar-refractivity contribution in [2.45, 2.75) is 27.7 Å². The first-order valence-corrected chi connectivity index (χ1v) is 8.84. The van der Waals surface area contributed by atoms with Crippen molar-refractivity contribution in [2.75, 3.05) is 6.26 Å². The van der Waals surface area contributed by atoms with Crippen molar-refractivity contribution >= 4 is 29.2 Å². The molecule has 1 aromatic carbocycles. The van der Waals surface area contributed by atoms with Gasteiger partial charge in [-0.2, -0.15) is 0 Å². The zero-order chi connectivity index (χ0) is 16.3. The molecule has 2 aromatic rings. The van der Waals surface area contributed by atoms with E-state index < -0.39 is 10.0 Å². The summed E-state index contributed by atoms with van der Waals surface area (Å²) in [6.07, 6.45) is 2.73. The minimum atomic E-state index is -3.41. The third kappa shape index (κ3) is 11.5. The number of thiol groups is 1. The number of aromatic nitrogens is 1. The minimum absolute atomic E-state index is 0. The molecule has 0 atom stereocenters. The SMILES string of the molecule is CC.CC.CS(=O)(=O)[N-]c1ccccc1-c1ccccn1.[CH3-].[Ni+3].[SH-]. The van der Waals surface area contributed by atoms with Gasteiger partial charge in [-0.15, -0.1) is 5.69 Å². The maximum atomic E-state index is 11.2. The summed E-state index contributed by atoms with van der Waals surface area (Å²) >= 11 is 0. The molecule has 4 nitrogen and oxygen atoms in total. The Bertz CT molecular complexity index is 621. The van der Waals surface area contributed by atoms with E-state index in [2.05, 4.69) is 9.71 Å². The van der Waals surface area contributed by atoms with Crippen molar-refractivity contribution < 1.29 is 24.9 Å². The quantitative estimate of drug-likeness (QED) is 0.309. The summed E-state index contributed by atoms with van der Waals surface area (Å²) in [5, 5.41) is 0. The van der Waals surface area contributed by atoms with E-state index in [9.17, 15) is 8.42 Å². The van der Waals surface area contributed by atoms with Crippen LogP contribution in [0.25, 0.3) is 16.0 Å². The fraction of sp³-hybridized carbons (Fsp3) is 0.294. The third-order valence-electron chi connectivity index (χ3n) is 2.11. The smallest absolute Gasteiger partial charge is 0.813 e. The minimum Gasteiger partial charge on any atom is -0.813 e. The van der Waals surface area contributed by atoms with Gasteiger partial charge >= 0.3 is 16.5 Å². The zero-order valence-electron chi connectivity index (χ0n) is 15.0. The van der Waals surface area contributed by atoms with Gasteiger partial charge in [-0.1, -0.05) is 58.0 Å². The monoisotopic (exact) mass is 413 g/mol. The van der Waals surface area contributed by atoms with Crippen LogP contribution in [-0.2, 0) is 40.0 Å². The largest absolute Gasteiger partial charge is 3.00 e. The Labute approximate surface area is 164 Å². The van der Waals surface area contributed by atoms with Gasteiger partial charge in [-0.3, -0.25) is 4.98 Å². The molecule has 1 heterocycles. The molecule has 1 aromatic heterocycles. The van der Waals surface area contributed by atoms with Crippen LogP contribution in [0.4, 0.5) is 5.69 Å². The first-order valence-electron chi connectivity index (χ1n) is 7.00. The Morgan fingerprint density at radius 1 is 0.917 bits per heavy atom. The number of rotatable bonds is 3. The molecule has 0 aliphatic heterocycles. The summed E-state index contributed by atoms with van der Waals surface area (Å²) in [5.74, 6) is 0. The molecular weight excluding hydrogens is 387 g/mol. The van der Waals surface area contributed by atoms with E-state index in [0.717, 1.165) is 6.26 Å². The van der Waals surface area contributed by atoms with Crippen LogP contribution >= 0.6 is 0 Å². The second kappa shape index (κ2) is 16.8.